The molecule has 128 valence electrons. The zero-order chi connectivity index (χ0) is 17.1. The number of nitrogens with zero attached hydrogens (tertiary/aromatic N) is 1. The van der Waals surface area contributed by atoms with Crippen LogP contribution in [0, 0.1) is 0 Å². The molecular weight excluding hydrogens is 310 g/mol. The summed E-state index contributed by atoms with van der Waals surface area (Å²) in [7, 11) is 0. The zero-order valence-corrected chi connectivity index (χ0v) is 13.4. The summed E-state index contributed by atoms with van der Waals surface area (Å²) in [5, 5.41) is 9.24. The first kappa shape index (κ1) is 16.3. The van der Waals surface area contributed by atoms with E-state index in [4.69, 9.17) is 0 Å². The average molecular weight is 331 g/mol. The third-order valence-electron chi connectivity index (χ3n) is 4.54. The lowest BCUT2D eigenvalue weighted by Crippen LogP contribution is -2.47. The van der Waals surface area contributed by atoms with Gasteiger partial charge in [0.05, 0.1) is 11.0 Å². The van der Waals surface area contributed by atoms with E-state index >= 15 is 0 Å². The molecule has 7 nitrogen and oxygen atoms in total. The maximum absolute atomic E-state index is 12.3. The van der Waals surface area contributed by atoms with E-state index in [9.17, 15) is 19.5 Å². The predicted octanol–water partition coefficient (Wildman–Crippen LogP) is 1.64. The van der Waals surface area contributed by atoms with Gasteiger partial charge in [0, 0.05) is 13.0 Å². The second-order valence-corrected chi connectivity index (χ2v) is 6.25. The highest BCUT2D eigenvalue weighted by molar-refractivity contribution is 5.83. The van der Waals surface area contributed by atoms with Crippen molar-refractivity contribution in [2.24, 2.45) is 0 Å². The quantitative estimate of drug-likeness (QED) is 0.774. The maximum Gasteiger partial charge on any atom is 0.326 e. The van der Waals surface area contributed by atoms with Gasteiger partial charge in [-0.1, -0.05) is 6.07 Å². The number of carbonyl (C=O) groups excluding carboxylic acids is 1. The van der Waals surface area contributed by atoms with Crippen molar-refractivity contribution in [3.05, 3.63) is 34.2 Å². The number of hydrogen-bond donors (Lipinski definition) is 3. The van der Waals surface area contributed by atoms with E-state index in [1.165, 1.54) is 4.90 Å². The van der Waals surface area contributed by atoms with Crippen LogP contribution in [-0.4, -0.2) is 44.4 Å². The minimum atomic E-state index is -0.912. The van der Waals surface area contributed by atoms with Crippen molar-refractivity contribution in [3.8, 4) is 0 Å². The number of likely N-dealkylation sites (tertiary alicyclic amines) is 1. The number of aromatic nitrogens is 2. The first-order chi connectivity index (χ1) is 11.5. The number of carboxylic acids is 1. The highest BCUT2D eigenvalue weighted by Crippen LogP contribution is 2.19. The summed E-state index contributed by atoms with van der Waals surface area (Å²) in [6, 6.07) is 5.00. The molecule has 1 aliphatic rings. The second-order valence-electron chi connectivity index (χ2n) is 6.25. The number of rotatable bonds is 5. The first-order valence-corrected chi connectivity index (χ1v) is 8.28. The SMILES string of the molecule is O=C(O)C1CCCCN1C(=O)CCCc1ccc2[nH]c(=O)[nH]c2c1. The van der Waals surface area contributed by atoms with Crippen LogP contribution in [0.2, 0.25) is 0 Å². The number of fused-ring (bicyclic) bond motifs is 1. The van der Waals surface area contributed by atoms with Crippen molar-refractivity contribution >= 4 is 22.9 Å². The fourth-order valence-corrected chi connectivity index (χ4v) is 3.31. The van der Waals surface area contributed by atoms with Crippen molar-refractivity contribution in [1.82, 2.24) is 14.9 Å². The molecule has 2 aromatic rings. The van der Waals surface area contributed by atoms with Crippen molar-refractivity contribution in [2.75, 3.05) is 6.54 Å². The van der Waals surface area contributed by atoms with Crippen molar-refractivity contribution in [2.45, 2.75) is 44.6 Å². The number of hydrogen-bond acceptors (Lipinski definition) is 3. The number of aliphatic carboxylic acids is 1. The minimum absolute atomic E-state index is 0.0850. The summed E-state index contributed by atoms with van der Waals surface area (Å²) in [6.07, 6.45) is 3.97. The van der Waals surface area contributed by atoms with Gasteiger partial charge in [-0.3, -0.25) is 4.79 Å². The molecular formula is C17H21N3O4. The second kappa shape index (κ2) is 6.90. The summed E-state index contributed by atoms with van der Waals surface area (Å²) in [4.78, 5) is 41.8. The number of nitrogens with one attached hydrogen (secondary N) is 2. The molecule has 2 heterocycles. The highest BCUT2D eigenvalue weighted by atomic mass is 16.4. The third-order valence-corrected chi connectivity index (χ3v) is 4.54. The zero-order valence-electron chi connectivity index (χ0n) is 13.4. The van der Waals surface area contributed by atoms with Crippen LogP contribution < -0.4 is 5.69 Å². The number of carboxylic acid groups (broad SMARTS) is 1. The maximum atomic E-state index is 12.3. The number of H-pyrrole nitrogens is 2. The van der Waals surface area contributed by atoms with Gasteiger partial charge in [-0.05, 0) is 49.8 Å². The molecule has 1 aliphatic heterocycles. The Morgan fingerprint density at radius 3 is 2.79 bits per heavy atom. The molecule has 0 bridgehead atoms. The van der Waals surface area contributed by atoms with Crippen LogP contribution in [0.3, 0.4) is 0 Å². The van der Waals surface area contributed by atoms with Crippen LogP contribution in [0.15, 0.2) is 23.0 Å². The van der Waals surface area contributed by atoms with Crippen LogP contribution in [-0.2, 0) is 16.0 Å². The lowest BCUT2D eigenvalue weighted by molar-refractivity contribution is -0.152. The Bertz CT molecular complexity index is 808. The number of imidazole rings is 1. The topological polar surface area (TPSA) is 106 Å². The highest BCUT2D eigenvalue weighted by Gasteiger charge is 2.31. The average Bonchev–Trinajstić information content (AvgIpc) is 2.94. The summed E-state index contributed by atoms with van der Waals surface area (Å²) in [5.41, 5.74) is 2.32. The van der Waals surface area contributed by atoms with Gasteiger partial charge >= 0.3 is 11.7 Å². The van der Waals surface area contributed by atoms with Gasteiger partial charge in [0.25, 0.3) is 0 Å². The molecule has 0 spiro atoms. The van der Waals surface area contributed by atoms with E-state index in [-0.39, 0.29) is 11.6 Å². The Balaban J connectivity index is 1.57. The molecule has 1 aromatic carbocycles. The summed E-state index contributed by atoms with van der Waals surface area (Å²) in [6.45, 7) is 0.534. The van der Waals surface area contributed by atoms with Crippen LogP contribution in [0.4, 0.5) is 0 Å². The number of aryl methyl sites for hydroxylation is 1. The van der Waals surface area contributed by atoms with E-state index in [1.54, 1.807) is 0 Å². The fourth-order valence-electron chi connectivity index (χ4n) is 3.31. The molecule has 1 saturated heterocycles. The predicted molar refractivity (Wildman–Crippen MR) is 88.8 cm³/mol. The van der Waals surface area contributed by atoms with E-state index in [1.807, 2.05) is 18.2 Å². The number of carbonyl (C=O) groups is 2. The van der Waals surface area contributed by atoms with Crippen molar-refractivity contribution < 1.29 is 14.7 Å². The lowest BCUT2D eigenvalue weighted by atomic mass is 10.0. The molecule has 1 aromatic heterocycles. The van der Waals surface area contributed by atoms with Crippen LogP contribution in [0.5, 0.6) is 0 Å². The van der Waals surface area contributed by atoms with Crippen LogP contribution in [0.1, 0.15) is 37.7 Å². The lowest BCUT2D eigenvalue weighted by Gasteiger charge is -2.33. The van der Waals surface area contributed by atoms with Gasteiger partial charge in [0.15, 0.2) is 0 Å². The minimum Gasteiger partial charge on any atom is -0.480 e. The third kappa shape index (κ3) is 3.50. The smallest absolute Gasteiger partial charge is 0.326 e. The number of aromatic amines is 2. The summed E-state index contributed by atoms with van der Waals surface area (Å²) >= 11 is 0. The molecule has 0 aliphatic carbocycles. The Kier molecular flexibility index (Phi) is 4.69. The molecule has 1 fully saturated rings. The monoisotopic (exact) mass is 331 g/mol. The largest absolute Gasteiger partial charge is 0.480 e. The van der Waals surface area contributed by atoms with Crippen molar-refractivity contribution in [3.63, 3.8) is 0 Å². The summed E-state index contributed by atoms with van der Waals surface area (Å²) < 4.78 is 0. The Labute approximate surface area is 138 Å². The molecule has 24 heavy (non-hydrogen) atoms. The van der Waals surface area contributed by atoms with Crippen molar-refractivity contribution in [1.29, 1.82) is 0 Å². The Morgan fingerprint density at radius 2 is 2.00 bits per heavy atom. The molecule has 1 atom stereocenters. The number of amides is 1. The molecule has 1 amide bonds. The van der Waals surface area contributed by atoms with Gasteiger partial charge in [0.2, 0.25) is 5.91 Å². The van der Waals surface area contributed by atoms with Crippen LogP contribution >= 0.6 is 0 Å². The molecule has 3 N–H and O–H groups in total. The molecule has 7 heteroatoms. The van der Waals surface area contributed by atoms with Gasteiger partial charge in [-0.15, -0.1) is 0 Å². The van der Waals surface area contributed by atoms with E-state index in [2.05, 4.69) is 9.97 Å². The Morgan fingerprint density at radius 1 is 1.21 bits per heavy atom. The van der Waals surface area contributed by atoms with Crippen LogP contribution in [0.25, 0.3) is 11.0 Å². The van der Waals surface area contributed by atoms with Gasteiger partial charge in [-0.2, -0.15) is 0 Å². The fraction of sp³-hybridized carbons (Fsp3) is 0.471. The summed E-state index contributed by atoms with van der Waals surface area (Å²) in [5.74, 6) is -0.997. The van der Waals surface area contributed by atoms with E-state index in [0.29, 0.717) is 32.2 Å². The molecule has 3 rings (SSSR count). The van der Waals surface area contributed by atoms with Gasteiger partial charge < -0.3 is 20.0 Å². The Hall–Kier alpha value is -2.57. The normalized spacial score (nSPS) is 18.0. The molecule has 0 saturated carbocycles. The van der Waals surface area contributed by atoms with Gasteiger partial charge in [-0.25, -0.2) is 9.59 Å². The first-order valence-electron chi connectivity index (χ1n) is 8.28. The molecule has 1 unspecified atom stereocenters. The number of piperidine rings is 1. The standard InChI is InChI=1S/C17H21N3O4/c21-15(20-9-2-1-5-14(20)16(22)23)6-3-4-11-7-8-12-13(10-11)19-17(24)18-12/h7-8,10,14H,1-6,9H2,(H,22,23)(H2,18,19,24). The van der Waals surface area contributed by atoms with E-state index in [0.717, 1.165) is 29.4 Å². The van der Waals surface area contributed by atoms with Gasteiger partial charge in [0.1, 0.15) is 6.04 Å². The number of benzene rings is 1. The van der Waals surface area contributed by atoms with E-state index < -0.39 is 12.0 Å². The molecule has 0 radical (unpaired) electrons.